The summed E-state index contributed by atoms with van der Waals surface area (Å²) in [5.41, 5.74) is 0.341. The van der Waals surface area contributed by atoms with E-state index in [2.05, 4.69) is 31.0 Å². The van der Waals surface area contributed by atoms with Crippen LogP contribution in [0.15, 0.2) is 30.4 Å². The molecule has 2 aliphatic heterocycles. The van der Waals surface area contributed by atoms with Crippen molar-refractivity contribution in [2.45, 2.75) is 107 Å². The van der Waals surface area contributed by atoms with Crippen LogP contribution in [-0.2, 0) is 26.0 Å². The molecule has 4 aliphatic rings. The van der Waals surface area contributed by atoms with Gasteiger partial charge in [0.05, 0.1) is 21.8 Å². The number of hydrogen-bond donors (Lipinski definition) is 2. The minimum absolute atomic E-state index is 0.277. The van der Waals surface area contributed by atoms with Gasteiger partial charge in [-0.05, 0) is 70.5 Å². The summed E-state index contributed by atoms with van der Waals surface area (Å²) in [5, 5.41) is 3.01. The van der Waals surface area contributed by atoms with Gasteiger partial charge in [-0.15, -0.1) is 0 Å². The van der Waals surface area contributed by atoms with Gasteiger partial charge in [-0.25, -0.2) is 22.8 Å². The third-order valence-corrected chi connectivity index (χ3v) is 11.9. The number of aromatic nitrogens is 2. The van der Waals surface area contributed by atoms with Crippen LogP contribution in [0, 0.1) is 11.7 Å². The monoisotopic (exact) mass is 627 g/mol. The van der Waals surface area contributed by atoms with Crippen molar-refractivity contribution in [1.29, 1.82) is 0 Å². The quantitative estimate of drug-likeness (QED) is 0.461. The van der Waals surface area contributed by atoms with E-state index in [4.69, 9.17) is 4.74 Å². The molecule has 0 radical (unpaired) electrons. The number of carbonyl (C=O) groups excluding carboxylic acids is 2. The molecule has 4 atom stereocenters. The molecule has 2 aromatic rings. The Balaban J connectivity index is 1.23. The average molecular weight is 628 g/mol. The van der Waals surface area contributed by atoms with Crippen LogP contribution in [0.5, 0.6) is 5.88 Å². The topological polar surface area (TPSA) is 131 Å². The summed E-state index contributed by atoms with van der Waals surface area (Å²) in [6, 6.07) is 3.72. The van der Waals surface area contributed by atoms with Crippen LogP contribution >= 0.6 is 0 Å². The lowest BCUT2D eigenvalue weighted by Crippen LogP contribution is -2.56. The number of ether oxygens (including phenoxy) is 1. The zero-order valence-corrected chi connectivity index (χ0v) is 26.3. The Labute approximate surface area is 258 Å². The second kappa shape index (κ2) is 12.0. The van der Waals surface area contributed by atoms with Gasteiger partial charge in [-0.1, -0.05) is 38.3 Å². The van der Waals surface area contributed by atoms with E-state index < -0.39 is 38.1 Å². The third kappa shape index (κ3) is 6.20. The number of amides is 2. The minimum Gasteiger partial charge on any atom is -0.472 e. The third-order valence-electron chi connectivity index (χ3n) is 9.72. The van der Waals surface area contributed by atoms with Crippen molar-refractivity contribution in [3.05, 3.63) is 41.9 Å². The van der Waals surface area contributed by atoms with Gasteiger partial charge in [0.2, 0.25) is 21.8 Å². The van der Waals surface area contributed by atoms with E-state index in [1.165, 1.54) is 12.1 Å². The molecule has 10 nitrogen and oxygen atoms in total. The van der Waals surface area contributed by atoms with E-state index in [1.54, 1.807) is 13.0 Å². The van der Waals surface area contributed by atoms with Crippen LogP contribution in [0.25, 0.3) is 11.0 Å². The van der Waals surface area contributed by atoms with Crippen LogP contribution in [-0.4, -0.2) is 70.6 Å². The van der Waals surface area contributed by atoms with Gasteiger partial charge in [0.15, 0.2) is 0 Å². The van der Waals surface area contributed by atoms with Gasteiger partial charge in [0, 0.05) is 24.9 Å². The van der Waals surface area contributed by atoms with Crippen LogP contribution in [0.3, 0.4) is 0 Å². The smallest absolute Gasteiger partial charge is 0.259 e. The Morgan fingerprint density at radius 1 is 1.16 bits per heavy atom. The molecule has 0 spiro atoms. The number of sulfonamides is 1. The fourth-order valence-electron chi connectivity index (χ4n) is 6.43. The van der Waals surface area contributed by atoms with Crippen molar-refractivity contribution in [3.63, 3.8) is 0 Å². The highest BCUT2D eigenvalue weighted by Crippen LogP contribution is 2.47. The predicted molar refractivity (Wildman–Crippen MR) is 164 cm³/mol. The van der Waals surface area contributed by atoms with Crippen LogP contribution in [0.4, 0.5) is 4.39 Å². The van der Waals surface area contributed by atoms with Crippen LogP contribution < -0.4 is 14.8 Å². The Kier molecular flexibility index (Phi) is 8.42. The van der Waals surface area contributed by atoms with E-state index in [-0.39, 0.29) is 17.9 Å². The number of allylic oxidation sites excluding steroid dienone is 1. The molecule has 44 heavy (non-hydrogen) atoms. The maximum absolute atomic E-state index is 14.0. The molecular formula is C32H42FN5O5S. The number of nitrogens with one attached hydrogen (secondary N) is 2. The van der Waals surface area contributed by atoms with Crippen molar-refractivity contribution >= 4 is 32.9 Å². The first-order valence-corrected chi connectivity index (χ1v) is 17.4. The number of benzene rings is 1. The highest BCUT2D eigenvalue weighted by Gasteiger charge is 2.63. The molecule has 0 bridgehead atoms. The minimum atomic E-state index is -3.86. The SMILES string of the molecule is CCc1nc2ccc(F)cc2nc1OC1CC2C(=O)NC3(C(=O)NS(=O)(=O)C4(C)CC4)CC3C=CCCCCCCCN2C1. The molecule has 4 unspecified atom stereocenters. The average Bonchev–Trinajstić information content (AvgIpc) is 3.86. The van der Waals surface area contributed by atoms with E-state index in [0.717, 1.165) is 38.5 Å². The standard InChI is InChI=1S/C32H42FN5O5S/c1-3-24-29(35-26-17-22(33)12-13-25(26)34-24)43-23-18-27-28(39)36-32(30(40)37-44(41,42)31(2)14-15-31)19-21(32)11-9-7-5-4-6-8-10-16-38(27)20-23/h9,11-13,17,21,23,27H,3-8,10,14-16,18-20H2,1-2H3,(H,36,39)(H,37,40). The van der Waals surface area contributed by atoms with E-state index >= 15 is 0 Å². The number of fused-ring (bicyclic) bond motifs is 3. The molecule has 2 saturated carbocycles. The molecule has 3 heterocycles. The predicted octanol–water partition coefficient (Wildman–Crippen LogP) is 3.94. The summed E-state index contributed by atoms with van der Waals surface area (Å²) < 4.78 is 47.5. The van der Waals surface area contributed by atoms with Crippen molar-refractivity contribution < 1.29 is 27.1 Å². The number of nitrogens with zero attached hydrogens (tertiary/aromatic N) is 3. The summed E-state index contributed by atoms with van der Waals surface area (Å²) in [7, 11) is -3.86. The first-order valence-electron chi connectivity index (χ1n) is 16.0. The fourth-order valence-corrected chi connectivity index (χ4v) is 7.74. The Bertz CT molecular complexity index is 1580. The summed E-state index contributed by atoms with van der Waals surface area (Å²) in [6.07, 6.45) is 12.0. The number of rotatable bonds is 6. The first-order chi connectivity index (χ1) is 21.0. The summed E-state index contributed by atoms with van der Waals surface area (Å²) in [5.74, 6) is -1.33. The van der Waals surface area contributed by atoms with Gasteiger partial charge >= 0.3 is 0 Å². The Morgan fingerprint density at radius 3 is 2.70 bits per heavy atom. The fraction of sp³-hybridized carbons (Fsp3) is 0.625. The maximum Gasteiger partial charge on any atom is 0.259 e. The normalized spacial score (nSPS) is 29.1. The second-order valence-corrected chi connectivity index (χ2v) is 15.3. The zero-order chi connectivity index (χ0) is 31.1. The number of halogens is 1. The van der Waals surface area contributed by atoms with Crippen molar-refractivity contribution in [3.8, 4) is 5.88 Å². The Morgan fingerprint density at radius 2 is 1.93 bits per heavy atom. The number of hydrogen-bond acceptors (Lipinski definition) is 8. The highest BCUT2D eigenvalue weighted by molar-refractivity contribution is 7.91. The van der Waals surface area contributed by atoms with Crippen LogP contribution in [0.2, 0.25) is 0 Å². The molecular weight excluding hydrogens is 585 g/mol. The van der Waals surface area contributed by atoms with E-state index in [1.807, 2.05) is 13.0 Å². The van der Waals surface area contributed by atoms with Gasteiger partial charge < -0.3 is 10.1 Å². The van der Waals surface area contributed by atoms with Crippen LogP contribution in [0.1, 0.15) is 83.7 Å². The molecule has 12 heteroatoms. The molecule has 2 amide bonds. The van der Waals surface area contributed by atoms with Gasteiger partial charge in [-0.3, -0.25) is 19.2 Å². The van der Waals surface area contributed by atoms with Crippen molar-refractivity contribution in [1.82, 2.24) is 24.9 Å². The van der Waals surface area contributed by atoms with Gasteiger partial charge in [0.1, 0.15) is 23.2 Å². The molecule has 238 valence electrons. The molecule has 1 saturated heterocycles. The van der Waals surface area contributed by atoms with Crippen molar-refractivity contribution in [2.24, 2.45) is 5.92 Å². The molecule has 1 aromatic carbocycles. The number of aryl methyl sites for hydroxylation is 1. The van der Waals surface area contributed by atoms with Gasteiger partial charge in [0.25, 0.3) is 5.91 Å². The molecule has 3 fully saturated rings. The molecule has 2 N–H and O–H groups in total. The van der Waals surface area contributed by atoms with Gasteiger partial charge in [-0.2, -0.15) is 0 Å². The Hall–Kier alpha value is -3.12. The number of carbonyl (C=O) groups is 2. The van der Waals surface area contributed by atoms with E-state index in [9.17, 15) is 22.4 Å². The summed E-state index contributed by atoms with van der Waals surface area (Å²) >= 11 is 0. The lowest BCUT2D eigenvalue weighted by atomic mass is 10.1. The lowest BCUT2D eigenvalue weighted by molar-refractivity contribution is -0.131. The van der Waals surface area contributed by atoms with Crippen molar-refractivity contribution in [2.75, 3.05) is 13.1 Å². The lowest BCUT2D eigenvalue weighted by Gasteiger charge is -2.26. The summed E-state index contributed by atoms with van der Waals surface area (Å²) in [4.78, 5) is 38.8. The zero-order valence-electron chi connectivity index (χ0n) is 25.5. The molecule has 1 aromatic heterocycles. The second-order valence-electron chi connectivity index (χ2n) is 13.1. The largest absolute Gasteiger partial charge is 0.472 e. The van der Waals surface area contributed by atoms with E-state index in [0.29, 0.717) is 67.8 Å². The summed E-state index contributed by atoms with van der Waals surface area (Å²) in [6.45, 7) is 4.77. The molecule has 2 aliphatic carbocycles. The first kappa shape index (κ1) is 30.9. The highest BCUT2D eigenvalue weighted by atomic mass is 32.2. The maximum atomic E-state index is 14.0. The molecule has 6 rings (SSSR count).